The Hall–Kier alpha value is -3.40. The number of pyridine rings is 2. The van der Waals surface area contributed by atoms with Crippen LogP contribution in [0.4, 0.5) is 31.8 Å². The molecular formula is C24H30F2N6O2. The normalized spacial score (nSPS) is 18.7. The van der Waals surface area contributed by atoms with E-state index in [9.17, 15) is 18.7 Å². The fourth-order valence-electron chi connectivity index (χ4n) is 3.58. The van der Waals surface area contributed by atoms with Gasteiger partial charge in [0, 0.05) is 12.3 Å². The Balaban J connectivity index is 1.85. The minimum Gasteiger partial charge on any atom is -0.387 e. The number of nitrogens with zero attached hydrogens (tertiary/aromatic N) is 3. The first-order valence-corrected chi connectivity index (χ1v) is 11.0. The topological polar surface area (TPSA) is 112 Å². The predicted molar refractivity (Wildman–Crippen MR) is 131 cm³/mol. The van der Waals surface area contributed by atoms with Crippen LogP contribution in [-0.4, -0.2) is 58.2 Å². The molecule has 2 aromatic rings. The first-order valence-electron chi connectivity index (χ1n) is 11.0. The zero-order valence-electron chi connectivity index (χ0n) is 19.3. The largest absolute Gasteiger partial charge is 0.387 e. The van der Waals surface area contributed by atoms with E-state index in [1.165, 1.54) is 20.0 Å². The van der Waals surface area contributed by atoms with Crippen LogP contribution in [0.2, 0.25) is 0 Å². The summed E-state index contributed by atoms with van der Waals surface area (Å²) in [5, 5.41) is 18.4. The van der Waals surface area contributed by atoms with E-state index < -0.39 is 29.9 Å². The summed E-state index contributed by atoms with van der Waals surface area (Å²) in [7, 11) is 0. The molecule has 0 spiro atoms. The zero-order valence-corrected chi connectivity index (χ0v) is 19.3. The molecule has 8 nitrogen and oxygen atoms in total. The maximum absolute atomic E-state index is 14.3. The van der Waals surface area contributed by atoms with Crippen molar-refractivity contribution in [3.63, 3.8) is 0 Å². The zero-order chi connectivity index (χ0) is 24.9. The highest BCUT2D eigenvalue weighted by atomic mass is 19.1. The van der Waals surface area contributed by atoms with Gasteiger partial charge in [0.05, 0.1) is 40.8 Å². The number of rotatable bonds is 10. The minimum atomic E-state index is -1.66. The van der Waals surface area contributed by atoms with Crippen molar-refractivity contribution in [2.45, 2.75) is 57.1 Å². The highest BCUT2D eigenvalue weighted by Gasteiger charge is 2.29. The highest BCUT2D eigenvalue weighted by molar-refractivity contribution is 6.00. The van der Waals surface area contributed by atoms with Crippen LogP contribution in [0.25, 0.3) is 6.08 Å². The van der Waals surface area contributed by atoms with Gasteiger partial charge in [0.25, 0.3) is 5.91 Å². The Bertz CT molecular complexity index is 1060. The van der Waals surface area contributed by atoms with Crippen LogP contribution in [0.15, 0.2) is 36.0 Å². The van der Waals surface area contributed by atoms with Crippen LogP contribution in [0, 0.1) is 0 Å². The van der Waals surface area contributed by atoms with Crippen molar-refractivity contribution < 1.29 is 18.7 Å². The van der Waals surface area contributed by atoms with Gasteiger partial charge in [-0.1, -0.05) is 6.58 Å². The standard InChI is InChI=1S/C24H30F2N6O2/c1-5-16-18(27-4)9-10-21(31-16)32-22-11-19(30-17-8-6-7-15(17)25)14(12-28-22)23(33)29-13-20(26)24(2,3)34/h5,9-12,15,17,20,34H,1,4,6-8,13H2,2-3H3,(H,29,33)(H2,28,30,31,32). The van der Waals surface area contributed by atoms with Crippen molar-refractivity contribution >= 4 is 41.7 Å². The van der Waals surface area contributed by atoms with E-state index in [4.69, 9.17) is 0 Å². The average Bonchev–Trinajstić information content (AvgIpc) is 3.20. The van der Waals surface area contributed by atoms with E-state index in [0.29, 0.717) is 41.5 Å². The van der Waals surface area contributed by atoms with Gasteiger partial charge in [-0.05, 0) is 58.0 Å². The van der Waals surface area contributed by atoms with Crippen molar-refractivity contribution in [3.8, 4) is 0 Å². The molecule has 34 heavy (non-hydrogen) atoms. The third-order valence-electron chi connectivity index (χ3n) is 5.65. The van der Waals surface area contributed by atoms with Crippen LogP contribution in [0.5, 0.6) is 0 Å². The van der Waals surface area contributed by atoms with Gasteiger partial charge in [0.2, 0.25) is 0 Å². The summed E-state index contributed by atoms with van der Waals surface area (Å²) in [4.78, 5) is 25.3. The Labute approximate surface area is 197 Å². The summed E-state index contributed by atoms with van der Waals surface area (Å²) < 4.78 is 28.4. The van der Waals surface area contributed by atoms with Gasteiger partial charge >= 0.3 is 0 Å². The van der Waals surface area contributed by atoms with Crippen molar-refractivity contribution in [1.29, 1.82) is 0 Å². The number of aliphatic imine (C=N–C) groups is 1. The molecule has 1 aliphatic carbocycles. The third-order valence-corrected chi connectivity index (χ3v) is 5.65. The molecule has 2 aromatic heterocycles. The van der Waals surface area contributed by atoms with E-state index in [0.717, 1.165) is 6.42 Å². The molecule has 2 heterocycles. The fourth-order valence-corrected chi connectivity index (χ4v) is 3.58. The molecule has 3 unspecified atom stereocenters. The molecule has 182 valence electrons. The smallest absolute Gasteiger partial charge is 0.255 e. The molecule has 4 N–H and O–H groups in total. The number of halogens is 2. The van der Waals surface area contributed by atoms with E-state index in [1.807, 2.05) is 0 Å². The molecule has 3 atom stereocenters. The first-order chi connectivity index (χ1) is 16.1. The molecule has 0 aromatic carbocycles. The van der Waals surface area contributed by atoms with Gasteiger partial charge in [0.15, 0.2) is 0 Å². The average molecular weight is 473 g/mol. The molecule has 0 saturated heterocycles. The molecule has 1 aliphatic rings. The fraction of sp³-hybridized carbons (Fsp3) is 0.417. The Morgan fingerprint density at radius 3 is 2.76 bits per heavy atom. The minimum absolute atomic E-state index is 0.138. The lowest BCUT2D eigenvalue weighted by Gasteiger charge is -2.23. The summed E-state index contributed by atoms with van der Waals surface area (Å²) in [6, 6.07) is 4.55. The lowest BCUT2D eigenvalue weighted by Crippen LogP contribution is -2.42. The Morgan fingerprint density at radius 1 is 1.38 bits per heavy atom. The highest BCUT2D eigenvalue weighted by Crippen LogP contribution is 2.29. The first kappa shape index (κ1) is 25.2. The van der Waals surface area contributed by atoms with Crippen molar-refractivity contribution in [3.05, 3.63) is 42.2 Å². The molecule has 1 fully saturated rings. The van der Waals surface area contributed by atoms with Gasteiger partial charge in [-0.25, -0.2) is 18.7 Å². The molecule has 0 radical (unpaired) electrons. The number of amides is 1. The van der Waals surface area contributed by atoms with E-state index in [1.54, 1.807) is 24.3 Å². The van der Waals surface area contributed by atoms with Gasteiger partial charge < -0.3 is 21.1 Å². The van der Waals surface area contributed by atoms with Crippen LogP contribution in [0.3, 0.4) is 0 Å². The second-order valence-corrected chi connectivity index (χ2v) is 8.73. The van der Waals surface area contributed by atoms with Crippen LogP contribution in [-0.2, 0) is 0 Å². The second-order valence-electron chi connectivity index (χ2n) is 8.73. The maximum atomic E-state index is 14.3. The van der Waals surface area contributed by atoms with E-state index in [2.05, 4.69) is 44.2 Å². The molecule has 10 heteroatoms. The van der Waals surface area contributed by atoms with Gasteiger partial charge in [-0.15, -0.1) is 0 Å². The maximum Gasteiger partial charge on any atom is 0.255 e. The molecular weight excluding hydrogens is 442 g/mol. The SMILES string of the molecule is C=Cc1nc(Nc2cc(NC3CCCC3F)c(C(=O)NCC(F)C(C)(C)O)cn2)ccc1N=C. The van der Waals surface area contributed by atoms with Gasteiger partial charge in [0.1, 0.15) is 24.0 Å². The number of aliphatic hydroxyl groups is 1. The lowest BCUT2D eigenvalue weighted by molar-refractivity contribution is -0.00177. The number of carbonyl (C=O) groups excluding carboxylic acids is 1. The van der Waals surface area contributed by atoms with E-state index >= 15 is 0 Å². The third kappa shape index (κ3) is 6.13. The monoisotopic (exact) mass is 472 g/mol. The summed E-state index contributed by atoms with van der Waals surface area (Å²) in [6.45, 7) is 9.48. The summed E-state index contributed by atoms with van der Waals surface area (Å²) in [5.41, 5.74) is 0.0122. The molecule has 0 aliphatic heterocycles. The molecule has 1 saturated carbocycles. The van der Waals surface area contributed by atoms with Crippen molar-refractivity contribution in [2.75, 3.05) is 17.2 Å². The number of aromatic nitrogens is 2. The number of hydrogen-bond donors (Lipinski definition) is 4. The lowest BCUT2D eigenvalue weighted by atomic mass is 10.0. The summed E-state index contributed by atoms with van der Waals surface area (Å²) in [6.07, 6.45) is 1.99. The summed E-state index contributed by atoms with van der Waals surface area (Å²) >= 11 is 0. The van der Waals surface area contributed by atoms with Gasteiger partial charge in [-0.2, -0.15) is 0 Å². The van der Waals surface area contributed by atoms with Gasteiger partial charge in [-0.3, -0.25) is 9.79 Å². The van der Waals surface area contributed by atoms with Crippen LogP contribution < -0.4 is 16.0 Å². The molecule has 1 amide bonds. The van der Waals surface area contributed by atoms with Crippen LogP contribution in [0.1, 0.15) is 49.2 Å². The second kappa shape index (κ2) is 10.7. The number of anilines is 3. The van der Waals surface area contributed by atoms with Crippen molar-refractivity contribution in [1.82, 2.24) is 15.3 Å². The van der Waals surface area contributed by atoms with Crippen LogP contribution >= 0.6 is 0 Å². The van der Waals surface area contributed by atoms with E-state index in [-0.39, 0.29) is 12.1 Å². The Morgan fingerprint density at radius 2 is 2.15 bits per heavy atom. The summed E-state index contributed by atoms with van der Waals surface area (Å²) in [5.74, 6) is 0.247. The van der Waals surface area contributed by atoms with Crippen molar-refractivity contribution in [2.24, 2.45) is 4.99 Å². The molecule has 0 bridgehead atoms. The quantitative estimate of drug-likeness (QED) is 0.383. The Kier molecular flexibility index (Phi) is 7.93. The number of alkyl halides is 2. The number of nitrogens with one attached hydrogen (secondary N) is 3. The molecule has 3 rings (SSSR count). The number of carbonyl (C=O) groups is 1. The predicted octanol–water partition coefficient (Wildman–Crippen LogP) is 4.34. The number of hydrogen-bond acceptors (Lipinski definition) is 7.